The van der Waals surface area contributed by atoms with E-state index in [0.29, 0.717) is 37.9 Å². The zero-order valence-corrected chi connectivity index (χ0v) is 26.7. The average Bonchev–Trinajstić information content (AvgIpc) is 3.36. The Morgan fingerprint density at radius 1 is 1.04 bits per heavy atom. The molecule has 46 heavy (non-hydrogen) atoms. The number of fused-ring (bicyclic) bond motifs is 1. The highest BCUT2D eigenvalue weighted by Crippen LogP contribution is 2.41. The second-order valence-corrected chi connectivity index (χ2v) is 13.7. The fourth-order valence-electron chi connectivity index (χ4n) is 5.79. The van der Waals surface area contributed by atoms with Gasteiger partial charge in [0.2, 0.25) is 0 Å². The molecule has 244 valence electrons. The van der Waals surface area contributed by atoms with Crippen LogP contribution in [0.3, 0.4) is 0 Å². The highest BCUT2D eigenvalue weighted by Gasteiger charge is 2.45. The Bertz CT molecular complexity index is 1780. The number of halogens is 2. The number of benzene rings is 2. The van der Waals surface area contributed by atoms with Gasteiger partial charge in [-0.3, -0.25) is 9.36 Å². The van der Waals surface area contributed by atoms with Gasteiger partial charge in [-0.25, -0.2) is 28.3 Å². The summed E-state index contributed by atoms with van der Waals surface area (Å²) in [6, 6.07) is 7.13. The number of carbonyl (C=O) groups is 2. The molecule has 2 aliphatic rings. The van der Waals surface area contributed by atoms with E-state index in [2.05, 4.69) is 4.98 Å². The van der Waals surface area contributed by atoms with E-state index in [1.807, 2.05) is 20.8 Å². The molecule has 0 bridgehead atoms. The van der Waals surface area contributed by atoms with Crippen molar-refractivity contribution in [2.75, 3.05) is 24.6 Å². The van der Waals surface area contributed by atoms with Crippen molar-refractivity contribution in [2.24, 2.45) is 0 Å². The van der Waals surface area contributed by atoms with Gasteiger partial charge in [0.15, 0.2) is 0 Å². The van der Waals surface area contributed by atoms with Crippen molar-refractivity contribution in [3.8, 4) is 6.07 Å². The van der Waals surface area contributed by atoms with Crippen molar-refractivity contribution in [1.29, 1.82) is 5.26 Å². The van der Waals surface area contributed by atoms with Gasteiger partial charge in [-0.1, -0.05) is 0 Å². The van der Waals surface area contributed by atoms with E-state index in [9.17, 15) is 24.0 Å². The number of piperidine rings is 1. The molecule has 3 heterocycles. The third-order valence-electron chi connectivity index (χ3n) is 7.92. The molecule has 2 fully saturated rings. The molecule has 0 N–H and O–H groups in total. The van der Waals surface area contributed by atoms with Crippen molar-refractivity contribution in [2.45, 2.75) is 83.6 Å². The monoisotopic (exact) mass is 637 g/mol. The van der Waals surface area contributed by atoms with Crippen LogP contribution in [-0.2, 0) is 14.2 Å². The predicted molar refractivity (Wildman–Crippen MR) is 165 cm³/mol. The van der Waals surface area contributed by atoms with Crippen molar-refractivity contribution >= 4 is 34.5 Å². The maximum atomic E-state index is 15.2. The van der Waals surface area contributed by atoms with Gasteiger partial charge in [0.25, 0.3) is 5.56 Å². The smallest absolute Gasteiger partial charge is 0.419 e. The second kappa shape index (κ2) is 12.0. The first-order valence-electron chi connectivity index (χ1n) is 15.0. The molecule has 2 aromatic carbocycles. The van der Waals surface area contributed by atoms with Crippen LogP contribution in [0.25, 0.3) is 10.9 Å². The van der Waals surface area contributed by atoms with E-state index in [1.54, 1.807) is 31.7 Å². The van der Waals surface area contributed by atoms with Gasteiger partial charge in [-0.15, -0.1) is 0 Å². The van der Waals surface area contributed by atoms with E-state index in [-0.39, 0.29) is 29.8 Å². The Balaban J connectivity index is 1.47. The molecule has 2 amide bonds. The molecule has 3 aromatic rings. The number of ether oxygens (including phenoxy) is 3. The first-order valence-corrected chi connectivity index (χ1v) is 15.0. The van der Waals surface area contributed by atoms with Crippen LogP contribution in [0.2, 0.25) is 0 Å². The van der Waals surface area contributed by atoms with Crippen LogP contribution in [0.4, 0.5) is 29.7 Å². The molecule has 2 aliphatic heterocycles. The molecular formula is C33H37F2N5O6. The number of carbonyl (C=O) groups excluding carboxylic acids is 2. The van der Waals surface area contributed by atoms with Gasteiger partial charge in [0.1, 0.15) is 40.2 Å². The number of aromatic nitrogens is 2. The second-order valence-electron chi connectivity index (χ2n) is 13.7. The zero-order chi connectivity index (χ0) is 33.6. The lowest BCUT2D eigenvalue weighted by atomic mass is 9.87. The lowest BCUT2D eigenvalue weighted by molar-refractivity contribution is -0.0486. The third kappa shape index (κ3) is 6.67. The van der Waals surface area contributed by atoms with E-state index in [1.165, 1.54) is 29.1 Å². The van der Waals surface area contributed by atoms with Crippen LogP contribution in [-0.4, -0.2) is 63.1 Å². The molecule has 1 aromatic heterocycles. The number of nitriles is 1. The Labute approximate surface area is 265 Å². The van der Waals surface area contributed by atoms with Crippen LogP contribution in [0.1, 0.15) is 72.4 Å². The molecule has 0 saturated carbocycles. The number of nitrogens with zero attached hydrogens (tertiary/aromatic N) is 5. The average molecular weight is 638 g/mol. The van der Waals surface area contributed by atoms with Crippen molar-refractivity contribution < 1.29 is 32.6 Å². The van der Waals surface area contributed by atoms with Gasteiger partial charge >= 0.3 is 12.2 Å². The molecule has 5 rings (SSSR count). The molecule has 1 spiro atoms. The van der Waals surface area contributed by atoms with Gasteiger partial charge in [-0.2, -0.15) is 5.26 Å². The molecule has 13 heteroatoms. The maximum Gasteiger partial charge on any atom is 0.419 e. The first kappa shape index (κ1) is 32.8. The molecule has 0 aliphatic carbocycles. The quantitative estimate of drug-likeness (QED) is 0.325. The minimum absolute atomic E-state index is 0.0203. The largest absolute Gasteiger partial charge is 0.444 e. The number of likely N-dealkylation sites (tertiary alicyclic amines) is 1. The highest BCUT2D eigenvalue weighted by atomic mass is 19.1. The number of hydrogen-bond donors (Lipinski definition) is 0. The summed E-state index contributed by atoms with van der Waals surface area (Å²) in [4.78, 5) is 46.7. The molecule has 2 saturated heterocycles. The summed E-state index contributed by atoms with van der Waals surface area (Å²) in [6.07, 6.45) is 1.68. The van der Waals surface area contributed by atoms with Gasteiger partial charge in [0.05, 0.1) is 41.2 Å². The zero-order valence-electron chi connectivity index (χ0n) is 26.7. The van der Waals surface area contributed by atoms with Crippen LogP contribution >= 0.6 is 0 Å². The van der Waals surface area contributed by atoms with Gasteiger partial charge in [-0.05, 0) is 91.1 Å². The third-order valence-corrected chi connectivity index (χ3v) is 7.92. The summed E-state index contributed by atoms with van der Waals surface area (Å²) in [7, 11) is 0. The van der Waals surface area contributed by atoms with Crippen molar-refractivity contribution in [3.63, 3.8) is 0 Å². The highest BCUT2D eigenvalue weighted by molar-refractivity contribution is 5.99. The Kier molecular flexibility index (Phi) is 8.55. The summed E-state index contributed by atoms with van der Waals surface area (Å²) in [5, 5.41) is 9.78. The topological polar surface area (TPSA) is 127 Å². The summed E-state index contributed by atoms with van der Waals surface area (Å²) in [5.74, 6) is -2.05. The van der Waals surface area contributed by atoms with Crippen LogP contribution < -0.4 is 10.5 Å². The Hall–Kier alpha value is -4.57. The van der Waals surface area contributed by atoms with Crippen LogP contribution in [0.15, 0.2) is 41.5 Å². The van der Waals surface area contributed by atoms with Gasteiger partial charge < -0.3 is 19.1 Å². The van der Waals surface area contributed by atoms with Crippen LogP contribution in [0, 0.1) is 23.0 Å². The Morgan fingerprint density at radius 3 is 2.33 bits per heavy atom. The summed E-state index contributed by atoms with van der Waals surface area (Å²) in [6.45, 7) is 11.4. The molecule has 0 unspecified atom stereocenters. The lowest BCUT2D eigenvalue weighted by Gasteiger charge is -2.39. The summed E-state index contributed by atoms with van der Waals surface area (Å²) >= 11 is 0. The van der Waals surface area contributed by atoms with Crippen LogP contribution in [0.5, 0.6) is 0 Å². The SMILES string of the molecule is CC(C)(C)OC(=O)N1CCC2(CC1)C[C@@H](n1cnc3ccc(N(C(=O)OC(C)(C)C)c4c(F)ccc(F)c4C#N)cc3c1=O)CO2. The number of hydrogen-bond acceptors (Lipinski definition) is 8. The first-order chi connectivity index (χ1) is 21.5. The molecule has 1 atom stereocenters. The molecule has 0 radical (unpaired) electrons. The lowest BCUT2D eigenvalue weighted by Crippen LogP contribution is -2.48. The Morgan fingerprint density at radius 2 is 1.70 bits per heavy atom. The predicted octanol–water partition coefficient (Wildman–Crippen LogP) is 6.35. The summed E-state index contributed by atoms with van der Waals surface area (Å²) < 4.78 is 48.6. The molecular weight excluding hydrogens is 600 g/mol. The van der Waals surface area contributed by atoms with Crippen molar-refractivity contribution in [3.05, 3.63) is 64.2 Å². The van der Waals surface area contributed by atoms with E-state index >= 15 is 4.39 Å². The number of rotatable bonds is 3. The molecule has 11 nitrogen and oxygen atoms in total. The number of amides is 2. The fraction of sp³-hybridized carbons (Fsp3) is 0.485. The minimum Gasteiger partial charge on any atom is -0.444 e. The normalized spacial score (nSPS) is 18.0. The standard InChI is InChI=1S/C33H37F2N5O6/c1-31(2,3)45-29(42)38-13-11-33(12-14-38)16-21(18-44-33)39-19-37-26-10-7-20(15-22(26)28(39)41)40(30(43)46-32(4,5)6)27-23(17-36)24(34)8-9-25(27)35/h7-10,15,19,21H,11-14,16,18H2,1-6H3/t21-/m1/s1. The maximum absolute atomic E-state index is 15.2. The summed E-state index contributed by atoms with van der Waals surface area (Å²) in [5.41, 5.74) is -3.59. The van der Waals surface area contributed by atoms with Crippen molar-refractivity contribution in [1.82, 2.24) is 14.5 Å². The minimum atomic E-state index is -1.07. The number of anilines is 2. The van der Waals surface area contributed by atoms with E-state index in [4.69, 9.17) is 14.2 Å². The van der Waals surface area contributed by atoms with Gasteiger partial charge in [0, 0.05) is 13.1 Å². The fourth-order valence-corrected chi connectivity index (χ4v) is 5.79. The van der Waals surface area contributed by atoms with E-state index in [0.717, 1.165) is 17.0 Å². The van der Waals surface area contributed by atoms with E-state index < -0.39 is 51.3 Å².